The highest BCUT2D eigenvalue weighted by Gasteiger charge is 2.35. The Bertz CT molecular complexity index is 1390. The van der Waals surface area contributed by atoms with Gasteiger partial charge in [-0.1, -0.05) is 42.5 Å². The van der Waals surface area contributed by atoms with Crippen LogP contribution in [-0.2, 0) is 17.8 Å². The topological polar surface area (TPSA) is 114 Å². The van der Waals surface area contributed by atoms with E-state index in [1.165, 1.54) is 0 Å². The zero-order valence-corrected chi connectivity index (χ0v) is 23.2. The summed E-state index contributed by atoms with van der Waals surface area (Å²) in [4.78, 5) is 19.3. The number of ether oxygens (including phenoxy) is 1. The van der Waals surface area contributed by atoms with Crippen LogP contribution in [0, 0.1) is 20.8 Å². The number of aliphatic imine (C=N–C) groups is 1. The standard InChI is InChI=1S/C32H38N4O3/c1-21-22(2)30-27(23(3)29(21)38)16-17-32(4,39-30)18-19-36(20-25-8-6-5-7-9-25)28(37)15-12-24-10-13-26(14-11-24)35-31(33)34/h5-15,38H,16-20H2,1-4H3,(H4,33,34,35). The molecule has 0 bridgehead atoms. The molecule has 39 heavy (non-hydrogen) atoms. The van der Waals surface area contributed by atoms with Gasteiger partial charge < -0.3 is 26.2 Å². The van der Waals surface area contributed by atoms with E-state index in [-0.39, 0.29) is 11.9 Å². The van der Waals surface area contributed by atoms with Gasteiger partial charge in [0.15, 0.2) is 5.96 Å². The van der Waals surface area contributed by atoms with E-state index in [0.29, 0.717) is 30.9 Å². The molecule has 1 aliphatic heterocycles. The normalized spacial score (nSPS) is 16.4. The number of carbonyl (C=O) groups excluding carboxylic acids is 1. The predicted octanol–water partition coefficient (Wildman–Crippen LogP) is 5.44. The second-order valence-corrected chi connectivity index (χ2v) is 10.5. The van der Waals surface area contributed by atoms with Gasteiger partial charge in [-0.3, -0.25) is 4.79 Å². The molecule has 0 saturated carbocycles. The molecule has 1 heterocycles. The average molecular weight is 527 g/mol. The highest BCUT2D eigenvalue weighted by atomic mass is 16.5. The largest absolute Gasteiger partial charge is 0.507 e. The molecule has 1 unspecified atom stereocenters. The van der Waals surface area contributed by atoms with Gasteiger partial charge in [0.1, 0.15) is 17.1 Å². The minimum Gasteiger partial charge on any atom is -0.507 e. The molecule has 0 aliphatic carbocycles. The molecule has 0 radical (unpaired) electrons. The predicted molar refractivity (Wildman–Crippen MR) is 157 cm³/mol. The van der Waals surface area contributed by atoms with Crippen LogP contribution in [0.3, 0.4) is 0 Å². The lowest BCUT2D eigenvalue weighted by Crippen LogP contribution is -2.41. The molecule has 7 nitrogen and oxygen atoms in total. The molecular weight excluding hydrogens is 488 g/mol. The van der Waals surface area contributed by atoms with Gasteiger partial charge in [-0.25, -0.2) is 4.99 Å². The van der Waals surface area contributed by atoms with Crippen LogP contribution in [0.5, 0.6) is 11.5 Å². The van der Waals surface area contributed by atoms with Crippen molar-refractivity contribution in [3.8, 4) is 11.5 Å². The summed E-state index contributed by atoms with van der Waals surface area (Å²) in [5.74, 6) is 1.17. The summed E-state index contributed by atoms with van der Waals surface area (Å²) in [6.07, 6.45) is 5.74. The maximum Gasteiger partial charge on any atom is 0.246 e. The van der Waals surface area contributed by atoms with E-state index in [4.69, 9.17) is 16.2 Å². The van der Waals surface area contributed by atoms with E-state index < -0.39 is 5.60 Å². The Kier molecular flexibility index (Phi) is 8.29. The molecule has 3 aromatic carbocycles. The van der Waals surface area contributed by atoms with Crippen molar-refractivity contribution in [3.63, 3.8) is 0 Å². The van der Waals surface area contributed by atoms with Crippen LogP contribution < -0.4 is 16.2 Å². The SMILES string of the molecule is Cc1c(C)c2c(c(C)c1O)CCC(C)(CCN(Cc1ccccc1)C(=O)C=Cc1ccc(N=C(N)N)cc1)O2. The van der Waals surface area contributed by atoms with Crippen molar-refractivity contribution in [1.82, 2.24) is 4.90 Å². The summed E-state index contributed by atoms with van der Waals surface area (Å²) in [6, 6.07) is 17.3. The van der Waals surface area contributed by atoms with E-state index in [0.717, 1.165) is 52.0 Å². The number of hydrogen-bond donors (Lipinski definition) is 3. The van der Waals surface area contributed by atoms with E-state index >= 15 is 0 Å². The summed E-state index contributed by atoms with van der Waals surface area (Å²) >= 11 is 0. The van der Waals surface area contributed by atoms with Crippen LogP contribution in [0.25, 0.3) is 6.08 Å². The molecule has 7 heteroatoms. The molecule has 1 amide bonds. The van der Waals surface area contributed by atoms with Crippen molar-refractivity contribution >= 4 is 23.6 Å². The highest BCUT2D eigenvalue weighted by molar-refractivity contribution is 5.91. The third-order valence-corrected chi connectivity index (χ3v) is 7.60. The molecule has 0 spiro atoms. The number of benzene rings is 3. The molecule has 3 aromatic rings. The number of fused-ring (bicyclic) bond motifs is 1. The Hall–Kier alpha value is -4.26. The van der Waals surface area contributed by atoms with Gasteiger partial charge >= 0.3 is 0 Å². The number of rotatable bonds is 8. The van der Waals surface area contributed by atoms with E-state index in [1.54, 1.807) is 24.3 Å². The monoisotopic (exact) mass is 526 g/mol. The number of guanidine groups is 1. The Morgan fingerprint density at radius 1 is 1.05 bits per heavy atom. The van der Waals surface area contributed by atoms with Gasteiger partial charge in [0, 0.05) is 31.1 Å². The van der Waals surface area contributed by atoms with Gasteiger partial charge in [0.2, 0.25) is 5.91 Å². The van der Waals surface area contributed by atoms with Crippen LogP contribution in [0.2, 0.25) is 0 Å². The average Bonchev–Trinajstić information content (AvgIpc) is 2.92. The smallest absolute Gasteiger partial charge is 0.246 e. The number of phenols is 1. The molecule has 204 valence electrons. The lowest BCUT2D eigenvalue weighted by molar-refractivity contribution is -0.127. The number of carbonyl (C=O) groups is 1. The molecule has 4 rings (SSSR count). The van der Waals surface area contributed by atoms with Gasteiger partial charge in [0.25, 0.3) is 0 Å². The number of aromatic hydroxyl groups is 1. The van der Waals surface area contributed by atoms with Crippen LogP contribution in [-0.4, -0.2) is 34.0 Å². The maximum absolute atomic E-state index is 13.4. The second kappa shape index (κ2) is 11.6. The maximum atomic E-state index is 13.4. The van der Waals surface area contributed by atoms with Crippen molar-refractivity contribution in [2.45, 2.75) is 59.1 Å². The van der Waals surface area contributed by atoms with Crippen LogP contribution >= 0.6 is 0 Å². The summed E-state index contributed by atoms with van der Waals surface area (Å²) in [7, 11) is 0. The number of hydrogen-bond acceptors (Lipinski definition) is 4. The van der Waals surface area contributed by atoms with Gasteiger partial charge in [-0.05, 0) is 86.6 Å². The Morgan fingerprint density at radius 3 is 2.41 bits per heavy atom. The van der Waals surface area contributed by atoms with Crippen molar-refractivity contribution in [2.75, 3.05) is 6.54 Å². The molecule has 0 aromatic heterocycles. The molecule has 0 fully saturated rings. The lowest BCUT2D eigenvalue weighted by atomic mass is 9.85. The molecule has 0 saturated heterocycles. The number of phenolic OH excluding ortho intramolecular Hbond substituents is 1. The molecule has 1 aliphatic rings. The second-order valence-electron chi connectivity index (χ2n) is 10.5. The molecule has 5 N–H and O–H groups in total. The third kappa shape index (κ3) is 6.60. The fraction of sp³-hybridized carbons (Fsp3) is 0.312. The van der Waals surface area contributed by atoms with Crippen LogP contribution in [0.4, 0.5) is 5.69 Å². The first kappa shape index (κ1) is 27.8. The van der Waals surface area contributed by atoms with Crippen molar-refractivity contribution in [1.29, 1.82) is 0 Å². The zero-order chi connectivity index (χ0) is 28.2. The Balaban J connectivity index is 1.51. The first-order valence-corrected chi connectivity index (χ1v) is 13.3. The lowest BCUT2D eigenvalue weighted by Gasteiger charge is -2.39. The zero-order valence-electron chi connectivity index (χ0n) is 23.2. The first-order valence-electron chi connectivity index (χ1n) is 13.3. The van der Waals surface area contributed by atoms with Gasteiger partial charge in [0.05, 0.1) is 5.69 Å². The number of amides is 1. The summed E-state index contributed by atoms with van der Waals surface area (Å²) in [6.45, 7) is 9.04. The van der Waals surface area contributed by atoms with Gasteiger partial charge in [-0.2, -0.15) is 0 Å². The Labute approximate surface area is 230 Å². The third-order valence-electron chi connectivity index (χ3n) is 7.60. The number of nitrogens with zero attached hydrogens (tertiary/aromatic N) is 2. The van der Waals surface area contributed by atoms with Crippen molar-refractivity contribution < 1.29 is 14.6 Å². The summed E-state index contributed by atoms with van der Waals surface area (Å²) in [5.41, 5.74) is 16.9. The fourth-order valence-electron chi connectivity index (χ4n) is 5.00. The quantitative estimate of drug-likeness (QED) is 0.205. The van der Waals surface area contributed by atoms with Gasteiger partial charge in [-0.15, -0.1) is 0 Å². The van der Waals surface area contributed by atoms with E-state index in [2.05, 4.69) is 11.9 Å². The Morgan fingerprint density at radius 2 is 1.74 bits per heavy atom. The van der Waals surface area contributed by atoms with Crippen molar-refractivity contribution in [3.05, 3.63) is 94.1 Å². The highest BCUT2D eigenvalue weighted by Crippen LogP contribution is 2.44. The minimum atomic E-state index is -0.423. The summed E-state index contributed by atoms with van der Waals surface area (Å²) < 4.78 is 6.62. The molecule has 1 atom stereocenters. The van der Waals surface area contributed by atoms with Crippen molar-refractivity contribution in [2.24, 2.45) is 16.5 Å². The fourth-order valence-corrected chi connectivity index (χ4v) is 5.00. The molecular formula is C32H38N4O3. The minimum absolute atomic E-state index is 0.00253. The first-order chi connectivity index (χ1) is 18.6. The van der Waals surface area contributed by atoms with E-state index in [1.807, 2.05) is 68.1 Å². The summed E-state index contributed by atoms with van der Waals surface area (Å²) in [5, 5.41) is 10.5. The number of nitrogens with two attached hydrogens (primary N) is 2. The van der Waals surface area contributed by atoms with Crippen LogP contribution in [0.1, 0.15) is 53.1 Å². The van der Waals surface area contributed by atoms with Crippen LogP contribution in [0.15, 0.2) is 65.7 Å². The van der Waals surface area contributed by atoms with E-state index in [9.17, 15) is 9.90 Å².